The van der Waals surface area contributed by atoms with Crippen LogP contribution in [-0.4, -0.2) is 11.4 Å². The molecule has 1 unspecified atom stereocenters. The fourth-order valence-corrected chi connectivity index (χ4v) is 1.32. The molecule has 0 amide bonds. The Bertz CT molecular complexity index is 277. The molecule has 0 saturated heterocycles. The Morgan fingerprint density at radius 3 is 3.40 bits per heavy atom. The zero-order chi connectivity index (χ0) is 7.03. The lowest BCUT2D eigenvalue weighted by atomic mass is 9.87. The van der Waals surface area contributed by atoms with E-state index in [1.165, 1.54) is 5.57 Å². The molecule has 0 aromatic rings. The van der Waals surface area contributed by atoms with Crippen LogP contribution in [0.15, 0.2) is 34.9 Å². The van der Waals surface area contributed by atoms with Crippen molar-refractivity contribution in [3.8, 4) is 0 Å². The summed E-state index contributed by atoms with van der Waals surface area (Å²) in [6.07, 6.45) is 9.31. The smallest absolute Gasteiger partial charge is 0.0963 e. The van der Waals surface area contributed by atoms with Crippen molar-refractivity contribution >= 4 is 5.87 Å². The van der Waals surface area contributed by atoms with Gasteiger partial charge in [-0.25, -0.2) is 4.99 Å². The van der Waals surface area contributed by atoms with E-state index >= 15 is 0 Å². The van der Waals surface area contributed by atoms with Crippen LogP contribution in [0.2, 0.25) is 0 Å². The SMILES string of the molecule is CC12CC=CC=C1C=C=N2. The van der Waals surface area contributed by atoms with Crippen molar-refractivity contribution in [1.82, 2.24) is 0 Å². The van der Waals surface area contributed by atoms with Crippen molar-refractivity contribution in [3.05, 3.63) is 29.9 Å². The average molecular weight is 131 g/mol. The van der Waals surface area contributed by atoms with Gasteiger partial charge >= 0.3 is 0 Å². The molecule has 0 aromatic carbocycles. The van der Waals surface area contributed by atoms with Gasteiger partial charge in [0.1, 0.15) is 0 Å². The van der Waals surface area contributed by atoms with E-state index in [4.69, 9.17) is 0 Å². The zero-order valence-corrected chi connectivity index (χ0v) is 5.96. The van der Waals surface area contributed by atoms with Crippen LogP contribution in [0.1, 0.15) is 13.3 Å². The molecule has 1 aliphatic heterocycles. The van der Waals surface area contributed by atoms with E-state index in [2.05, 4.69) is 36.0 Å². The molecule has 0 saturated carbocycles. The number of hydrogen-bond donors (Lipinski definition) is 0. The molecule has 0 radical (unpaired) electrons. The zero-order valence-electron chi connectivity index (χ0n) is 5.96. The Labute approximate surface area is 60.5 Å². The quantitative estimate of drug-likeness (QED) is 0.476. The number of nitrogens with zero attached hydrogens (tertiary/aromatic N) is 1. The molecule has 50 valence electrons. The Balaban J connectivity index is 2.47. The highest BCUT2D eigenvalue weighted by Crippen LogP contribution is 2.31. The van der Waals surface area contributed by atoms with Crippen LogP contribution in [0.25, 0.3) is 0 Å². The maximum absolute atomic E-state index is 4.26. The monoisotopic (exact) mass is 131 g/mol. The molecule has 1 heteroatoms. The normalized spacial score (nSPS) is 34.3. The van der Waals surface area contributed by atoms with E-state index in [0.717, 1.165) is 6.42 Å². The van der Waals surface area contributed by atoms with Crippen LogP contribution < -0.4 is 0 Å². The summed E-state index contributed by atoms with van der Waals surface area (Å²) >= 11 is 0. The van der Waals surface area contributed by atoms with Crippen LogP contribution in [-0.2, 0) is 0 Å². The molecule has 2 rings (SSSR count). The van der Waals surface area contributed by atoms with Crippen LogP contribution >= 0.6 is 0 Å². The summed E-state index contributed by atoms with van der Waals surface area (Å²) < 4.78 is 0. The van der Waals surface area contributed by atoms with E-state index in [-0.39, 0.29) is 5.54 Å². The van der Waals surface area contributed by atoms with Crippen LogP contribution in [0.4, 0.5) is 0 Å². The molecule has 0 spiro atoms. The third kappa shape index (κ3) is 0.614. The van der Waals surface area contributed by atoms with Crippen molar-refractivity contribution in [2.75, 3.05) is 0 Å². The van der Waals surface area contributed by atoms with Gasteiger partial charge in [0.25, 0.3) is 0 Å². The molecule has 1 nitrogen and oxygen atoms in total. The molecule has 0 N–H and O–H groups in total. The number of allylic oxidation sites excluding steroid dienone is 2. The Hall–Kier alpha value is -1.07. The first-order valence-electron chi connectivity index (χ1n) is 3.49. The van der Waals surface area contributed by atoms with Gasteiger partial charge in [0, 0.05) is 6.08 Å². The first-order chi connectivity index (χ1) is 4.81. The lowest BCUT2D eigenvalue weighted by Crippen LogP contribution is -2.21. The third-order valence-corrected chi connectivity index (χ3v) is 2.08. The molecule has 0 fully saturated rings. The van der Waals surface area contributed by atoms with Gasteiger partial charge in [-0.1, -0.05) is 18.2 Å². The van der Waals surface area contributed by atoms with Gasteiger partial charge in [0.2, 0.25) is 0 Å². The largest absolute Gasteiger partial charge is 0.232 e. The standard InChI is InChI=1S/C9H9N/c1-9-6-3-2-4-8(9)5-7-10-9/h2-5H,6H2,1H3. The van der Waals surface area contributed by atoms with E-state index in [9.17, 15) is 0 Å². The van der Waals surface area contributed by atoms with Crippen molar-refractivity contribution in [1.29, 1.82) is 0 Å². The lowest BCUT2D eigenvalue weighted by molar-refractivity contribution is 0.581. The number of hydrogen-bond acceptors (Lipinski definition) is 1. The minimum Gasteiger partial charge on any atom is -0.232 e. The number of fused-ring (bicyclic) bond motifs is 1. The molecule has 1 heterocycles. The second-order valence-electron chi connectivity index (χ2n) is 2.91. The second-order valence-corrected chi connectivity index (χ2v) is 2.91. The van der Waals surface area contributed by atoms with Gasteiger partial charge in [0.15, 0.2) is 0 Å². The predicted molar refractivity (Wildman–Crippen MR) is 42.3 cm³/mol. The number of rotatable bonds is 0. The minimum absolute atomic E-state index is 0.0226. The number of aliphatic imine (C=N–C) groups is 1. The van der Waals surface area contributed by atoms with Gasteiger partial charge in [-0.3, -0.25) is 0 Å². The summed E-state index contributed by atoms with van der Waals surface area (Å²) in [5, 5.41) is 0. The molecule has 2 aliphatic rings. The predicted octanol–water partition coefficient (Wildman–Crippen LogP) is 1.87. The lowest BCUT2D eigenvalue weighted by Gasteiger charge is -2.22. The molecule has 0 aromatic heterocycles. The first-order valence-corrected chi connectivity index (χ1v) is 3.49. The summed E-state index contributed by atoms with van der Waals surface area (Å²) in [6.45, 7) is 2.14. The van der Waals surface area contributed by atoms with Crippen LogP contribution in [0, 0.1) is 0 Å². The van der Waals surface area contributed by atoms with Crippen molar-refractivity contribution < 1.29 is 0 Å². The fraction of sp³-hybridized carbons (Fsp3) is 0.333. The molecular weight excluding hydrogens is 122 g/mol. The van der Waals surface area contributed by atoms with Gasteiger partial charge in [-0.2, -0.15) is 0 Å². The highest BCUT2D eigenvalue weighted by molar-refractivity contribution is 5.67. The Morgan fingerprint density at radius 2 is 2.60 bits per heavy atom. The van der Waals surface area contributed by atoms with Gasteiger partial charge in [-0.15, -0.1) is 0 Å². The maximum atomic E-state index is 4.26. The molecule has 0 bridgehead atoms. The second kappa shape index (κ2) is 1.71. The van der Waals surface area contributed by atoms with Crippen molar-refractivity contribution in [3.63, 3.8) is 0 Å². The highest BCUT2D eigenvalue weighted by atomic mass is 14.9. The van der Waals surface area contributed by atoms with Crippen LogP contribution in [0.3, 0.4) is 0 Å². The summed E-state index contributed by atoms with van der Waals surface area (Å²) in [5.74, 6) is 2.90. The van der Waals surface area contributed by atoms with E-state index in [1.54, 1.807) is 0 Å². The van der Waals surface area contributed by atoms with Gasteiger partial charge < -0.3 is 0 Å². The maximum Gasteiger partial charge on any atom is 0.0963 e. The van der Waals surface area contributed by atoms with Crippen LogP contribution in [0.5, 0.6) is 0 Å². The molecule has 1 aliphatic carbocycles. The average Bonchev–Trinajstić information content (AvgIpc) is 2.29. The highest BCUT2D eigenvalue weighted by Gasteiger charge is 2.28. The van der Waals surface area contributed by atoms with Gasteiger partial charge in [-0.05, 0) is 24.8 Å². The fourth-order valence-electron chi connectivity index (χ4n) is 1.32. The summed E-state index contributed by atoms with van der Waals surface area (Å²) in [4.78, 5) is 4.26. The minimum atomic E-state index is 0.0226. The summed E-state index contributed by atoms with van der Waals surface area (Å²) in [5.41, 5.74) is 1.31. The summed E-state index contributed by atoms with van der Waals surface area (Å²) in [6, 6.07) is 0. The Kier molecular flexibility index (Phi) is 0.973. The topological polar surface area (TPSA) is 12.4 Å². The molecular formula is C9H9N. The molecule has 1 atom stereocenters. The Morgan fingerprint density at radius 1 is 1.70 bits per heavy atom. The summed E-state index contributed by atoms with van der Waals surface area (Å²) in [7, 11) is 0. The van der Waals surface area contributed by atoms with Gasteiger partial charge in [0.05, 0.1) is 5.54 Å². The van der Waals surface area contributed by atoms with E-state index < -0.39 is 0 Å². The van der Waals surface area contributed by atoms with E-state index in [1.807, 2.05) is 6.08 Å². The van der Waals surface area contributed by atoms with Crippen molar-refractivity contribution in [2.45, 2.75) is 18.9 Å². The third-order valence-electron chi connectivity index (χ3n) is 2.08. The van der Waals surface area contributed by atoms with E-state index in [0.29, 0.717) is 0 Å². The first kappa shape index (κ1) is 5.70. The molecule has 10 heavy (non-hydrogen) atoms. The van der Waals surface area contributed by atoms with Crippen molar-refractivity contribution in [2.24, 2.45) is 4.99 Å².